The number of aliphatic hydroxyl groups excluding tert-OH is 1. The Bertz CT molecular complexity index is 359. The van der Waals surface area contributed by atoms with Gasteiger partial charge in [0, 0.05) is 12.0 Å². The molecule has 0 aromatic heterocycles. The molecule has 3 heteroatoms. The smallest absolute Gasteiger partial charge is 0.119 e. The molecule has 1 aromatic carbocycles. The summed E-state index contributed by atoms with van der Waals surface area (Å²) < 4.78 is 5.52. The van der Waals surface area contributed by atoms with E-state index in [1.807, 2.05) is 19.1 Å². The van der Waals surface area contributed by atoms with E-state index in [4.69, 9.17) is 4.74 Å². The minimum atomic E-state index is -0.134. The average molecular weight is 235 g/mol. The van der Waals surface area contributed by atoms with Gasteiger partial charge in [0.15, 0.2) is 0 Å². The molecule has 1 fully saturated rings. The van der Waals surface area contributed by atoms with Crippen LogP contribution in [0.15, 0.2) is 24.3 Å². The molecule has 1 saturated heterocycles. The Morgan fingerprint density at radius 3 is 3.00 bits per heavy atom. The number of piperidine rings is 1. The highest BCUT2D eigenvalue weighted by Gasteiger charge is 2.33. The third-order valence-electron chi connectivity index (χ3n) is 3.53. The second kappa shape index (κ2) is 5.52. The van der Waals surface area contributed by atoms with Crippen molar-refractivity contribution < 1.29 is 9.84 Å². The van der Waals surface area contributed by atoms with Gasteiger partial charge in [0.1, 0.15) is 5.75 Å². The highest BCUT2D eigenvalue weighted by molar-refractivity contribution is 5.35. The molecule has 2 N–H and O–H groups in total. The fraction of sp³-hybridized carbons (Fsp3) is 0.571. The molecule has 0 aliphatic carbocycles. The van der Waals surface area contributed by atoms with E-state index in [2.05, 4.69) is 17.4 Å². The van der Waals surface area contributed by atoms with E-state index in [0.717, 1.165) is 31.7 Å². The molecule has 0 saturated carbocycles. The number of benzene rings is 1. The fourth-order valence-electron chi connectivity index (χ4n) is 2.52. The van der Waals surface area contributed by atoms with Gasteiger partial charge in [-0.3, -0.25) is 0 Å². The summed E-state index contributed by atoms with van der Waals surface area (Å²) in [5, 5.41) is 13.1. The minimum Gasteiger partial charge on any atom is -0.494 e. The van der Waals surface area contributed by atoms with Crippen molar-refractivity contribution in [2.75, 3.05) is 26.3 Å². The van der Waals surface area contributed by atoms with E-state index in [1.54, 1.807) is 0 Å². The quantitative estimate of drug-likeness (QED) is 0.834. The number of hydrogen-bond donors (Lipinski definition) is 2. The van der Waals surface area contributed by atoms with E-state index in [9.17, 15) is 5.11 Å². The lowest BCUT2D eigenvalue weighted by Gasteiger charge is -2.36. The van der Waals surface area contributed by atoms with Crippen LogP contribution in [0.3, 0.4) is 0 Å². The molecular formula is C14H21NO2. The van der Waals surface area contributed by atoms with Crippen LogP contribution in [0.1, 0.15) is 25.3 Å². The molecule has 1 aliphatic heterocycles. The van der Waals surface area contributed by atoms with Gasteiger partial charge in [-0.15, -0.1) is 0 Å². The predicted molar refractivity (Wildman–Crippen MR) is 68.5 cm³/mol. The molecule has 94 valence electrons. The van der Waals surface area contributed by atoms with E-state index >= 15 is 0 Å². The third kappa shape index (κ3) is 2.61. The van der Waals surface area contributed by atoms with E-state index in [-0.39, 0.29) is 12.0 Å². The number of rotatable bonds is 4. The molecule has 1 heterocycles. The van der Waals surface area contributed by atoms with E-state index in [0.29, 0.717) is 6.61 Å². The standard InChI is InChI=1S/C14H21NO2/c1-2-17-13-6-3-5-12(9-13)14(11-16)7-4-8-15-10-14/h3,5-6,9,15-16H,2,4,7-8,10-11H2,1H3. The van der Waals surface area contributed by atoms with E-state index < -0.39 is 0 Å². The summed E-state index contributed by atoms with van der Waals surface area (Å²) in [5.74, 6) is 0.892. The van der Waals surface area contributed by atoms with Gasteiger partial charge in [0.05, 0.1) is 13.2 Å². The van der Waals surface area contributed by atoms with Crippen LogP contribution in [0.25, 0.3) is 0 Å². The zero-order valence-electron chi connectivity index (χ0n) is 10.4. The topological polar surface area (TPSA) is 41.5 Å². The van der Waals surface area contributed by atoms with Gasteiger partial charge in [-0.05, 0) is 44.0 Å². The Balaban J connectivity index is 2.26. The van der Waals surface area contributed by atoms with Crippen LogP contribution in [0.5, 0.6) is 5.75 Å². The van der Waals surface area contributed by atoms with Crippen LogP contribution < -0.4 is 10.1 Å². The maximum absolute atomic E-state index is 9.73. The van der Waals surface area contributed by atoms with Gasteiger partial charge in [0.2, 0.25) is 0 Å². The average Bonchev–Trinajstić information content (AvgIpc) is 2.40. The monoisotopic (exact) mass is 235 g/mol. The normalized spacial score (nSPS) is 24.6. The summed E-state index contributed by atoms with van der Waals surface area (Å²) >= 11 is 0. The van der Waals surface area contributed by atoms with Gasteiger partial charge >= 0.3 is 0 Å². The van der Waals surface area contributed by atoms with Gasteiger partial charge in [-0.2, -0.15) is 0 Å². The predicted octanol–water partition coefficient (Wildman–Crippen LogP) is 1.70. The summed E-state index contributed by atoms with van der Waals surface area (Å²) in [6.45, 7) is 4.74. The highest BCUT2D eigenvalue weighted by atomic mass is 16.5. The lowest BCUT2D eigenvalue weighted by molar-refractivity contribution is 0.162. The SMILES string of the molecule is CCOc1cccc(C2(CO)CCCNC2)c1. The largest absolute Gasteiger partial charge is 0.494 e. The first kappa shape index (κ1) is 12.4. The van der Waals surface area contributed by atoms with Crippen LogP contribution in [0.4, 0.5) is 0 Å². The molecule has 0 spiro atoms. The molecule has 0 bridgehead atoms. The molecule has 0 amide bonds. The molecule has 1 aromatic rings. The zero-order valence-corrected chi connectivity index (χ0v) is 10.4. The summed E-state index contributed by atoms with van der Waals surface area (Å²) in [6, 6.07) is 8.12. The molecule has 2 rings (SSSR count). The molecule has 1 atom stereocenters. The van der Waals surface area contributed by atoms with Crippen LogP contribution >= 0.6 is 0 Å². The second-order valence-electron chi connectivity index (χ2n) is 4.68. The first-order valence-corrected chi connectivity index (χ1v) is 6.36. The van der Waals surface area contributed by atoms with Gasteiger partial charge < -0.3 is 15.2 Å². The Labute approximate surface area is 103 Å². The zero-order chi connectivity index (χ0) is 12.1. The third-order valence-corrected chi connectivity index (χ3v) is 3.53. The maximum atomic E-state index is 9.73. The van der Waals surface area contributed by atoms with E-state index in [1.165, 1.54) is 5.56 Å². The molecule has 17 heavy (non-hydrogen) atoms. The fourth-order valence-corrected chi connectivity index (χ4v) is 2.52. The lowest BCUT2D eigenvalue weighted by atomic mass is 9.75. The van der Waals surface area contributed by atoms with Crippen molar-refractivity contribution in [2.45, 2.75) is 25.2 Å². The van der Waals surface area contributed by atoms with Crippen LogP contribution in [0, 0.1) is 0 Å². The number of nitrogens with one attached hydrogen (secondary N) is 1. The Morgan fingerprint density at radius 2 is 2.35 bits per heavy atom. The summed E-state index contributed by atoms with van der Waals surface area (Å²) in [6.07, 6.45) is 2.14. The first-order chi connectivity index (χ1) is 8.30. The van der Waals surface area contributed by atoms with Crippen molar-refractivity contribution in [1.82, 2.24) is 5.32 Å². The van der Waals surface area contributed by atoms with Crippen LogP contribution in [0.2, 0.25) is 0 Å². The van der Waals surface area contributed by atoms with Crippen molar-refractivity contribution in [2.24, 2.45) is 0 Å². The number of aliphatic hydroxyl groups is 1. The summed E-state index contributed by atoms with van der Waals surface area (Å²) in [5.41, 5.74) is 1.05. The van der Waals surface area contributed by atoms with Crippen molar-refractivity contribution in [3.8, 4) is 5.75 Å². The maximum Gasteiger partial charge on any atom is 0.119 e. The highest BCUT2D eigenvalue weighted by Crippen LogP contribution is 2.32. The molecule has 3 nitrogen and oxygen atoms in total. The minimum absolute atomic E-state index is 0.134. The van der Waals surface area contributed by atoms with Crippen molar-refractivity contribution in [1.29, 1.82) is 0 Å². The molecular weight excluding hydrogens is 214 g/mol. The van der Waals surface area contributed by atoms with Crippen molar-refractivity contribution in [3.63, 3.8) is 0 Å². The molecule has 0 radical (unpaired) electrons. The molecule has 1 aliphatic rings. The van der Waals surface area contributed by atoms with Gasteiger partial charge in [-0.25, -0.2) is 0 Å². The second-order valence-corrected chi connectivity index (χ2v) is 4.68. The first-order valence-electron chi connectivity index (χ1n) is 6.36. The number of hydrogen-bond acceptors (Lipinski definition) is 3. The van der Waals surface area contributed by atoms with Crippen molar-refractivity contribution >= 4 is 0 Å². The van der Waals surface area contributed by atoms with Crippen molar-refractivity contribution in [3.05, 3.63) is 29.8 Å². The molecule has 1 unspecified atom stereocenters. The van der Waals surface area contributed by atoms with Gasteiger partial charge in [0.25, 0.3) is 0 Å². The Kier molecular flexibility index (Phi) is 4.02. The number of ether oxygens (including phenoxy) is 1. The van der Waals surface area contributed by atoms with Gasteiger partial charge in [-0.1, -0.05) is 12.1 Å². The Morgan fingerprint density at radius 1 is 1.47 bits per heavy atom. The summed E-state index contributed by atoms with van der Waals surface area (Å²) in [4.78, 5) is 0. The summed E-state index contributed by atoms with van der Waals surface area (Å²) in [7, 11) is 0. The van der Waals surface area contributed by atoms with Crippen LogP contribution in [-0.2, 0) is 5.41 Å². The Hall–Kier alpha value is -1.06. The van der Waals surface area contributed by atoms with Crippen LogP contribution in [-0.4, -0.2) is 31.4 Å². The lowest BCUT2D eigenvalue weighted by Crippen LogP contribution is -2.45.